The van der Waals surface area contributed by atoms with Crippen molar-refractivity contribution in [1.29, 1.82) is 0 Å². The Balaban J connectivity index is 1.58. The number of H-pyrrole nitrogens is 1. The summed E-state index contributed by atoms with van der Waals surface area (Å²) < 4.78 is 22.0. The first-order chi connectivity index (χ1) is 15.8. The van der Waals surface area contributed by atoms with Crippen molar-refractivity contribution in [1.82, 2.24) is 29.9 Å². The second-order valence-electron chi connectivity index (χ2n) is 9.20. The molecule has 1 aliphatic carbocycles. The second-order valence-corrected chi connectivity index (χ2v) is 13.3. The third kappa shape index (κ3) is 4.37. The minimum atomic E-state index is -1.05. The molecule has 0 spiro atoms. The molecule has 33 heavy (non-hydrogen) atoms. The molecule has 1 saturated carbocycles. The largest absolute Gasteiger partial charge is 0.492 e. The molecule has 1 N–H and O–H groups in total. The van der Waals surface area contributed by atoms with Crippen LogP contribution in [0.2, 0.25) is 0 Å². The average Bonchev–Trinajstić information content (AvgIpc) is 3.31. The van der Waals surface area contributed by atoms with Crippen LogP contribution in [0.5, 0.6) is 5.75 Å². The van der Waals surface area contributed by atoms with Gasteiger partial charge in [-0.15, -0.1) is 5.10 Å². The zero-order chi connectivity index (χ0) is 23.2. The van der Waals surface area contributed by atoms with Crippen LogP contribution in [0.25, 0.3) is 33.9 Å². The summed E-state index contributed by atoms with van der Waals surface area (Å²) in [5, 5.41) is 12.5. The van der Waals surface area contributed by atoms with Crippen molar-refractivity contribution >= 4 is 10.0 Å². The van der Waals surface area contributed by atoms with E-state index in [2.05, 4.69) is 44.1 Å². The van der Waals surface area contributed by atoms with Gasteiger partial charge in [-0.05, 0) is 61.8 Å². The molecule has 5 rings (SSSR count). The second kappa shape index (κ2) is 8.30. The van der Waals surface area contributed by atoms with E-state index in [4.69, 9.17) is 4.74 Å². The maximum Gasteiger partial charge on any atom is 0.131 e. The highest BCUT2D eigenvalue weighted by molar-refractivity contribution is 8.32. The van der Waals surface area contributed by atoms with Gasteiger partial charge in [-0.2, -0.15) is 0 Å². The van der Waals surface area contributed by atoms with Gasteiger partial charge in [-0.3, -0.25) is 10.1 Å². The van der Waals surface area contributed by atoms with Crippen molar-refractivity contribution in [2.45, 2.75) is 17.9 Å². The first-order valence-corrected chi connectivity index (χ1v) is 13.7. The van der Waals surface area contributed by atoms with Crippen molar-refractivity contribution in [3.63, 3.8) is 0 Å². The van der Waals surface area contributed by atoms with Gasteiger partial charge < -0.3 is 9.30 Å². The number of aromatic amines is 1. The van der Waals surface area contributed by atoms with Crippen molar-refractivity contribution < 1.29 is 9.13 Å². The molecule has 0 radical (unpaired) electrons. The number of aromatic nitrogens is 6. The lowest BCUT2D eigenvalue weighted by Crippen LogP contribution is -2.03. The predicted octanol–water partition coefficient (Wildman–Crippen LogP) is 4.92. The van der Waals surface area contributed by atoms with Gasteiger partial charge in [0.1, 0.15) is 28.0 Å². The monoisotopic (exact) mass is 466 g/mol. The lowest BCUT2D eigenvalue weighted by molar-refractivity contribution is 0.299. The fraction of sp³-hybridized carbons (Fsp3) is 0.333. The van der Waals surface area contributed by atoms with Crippen LogP contribution in [0, 0.1) is 11.7 Å². The van der Waals surface area contributed by atoms with Crippen LogP contribution in [-0.2, 0) is 7.05 Å². The quantitative estimate of drug-likeness (QED) is 0.418. The molecule has 0 atom stereocenters. The Hall–Kier alpha value is -3.20. The van der Waals surface area contributed by atoms with Gasteiger partial charge in [0.15, 0.2) is 0 Å². The molecule has 1 aromatic carbocycles. The number of nitrogens with one attached hydrogen (secondary N) is 1. The number of aryl methyl sites for hydroxylation is 1. The summed E-state index contributed by atoms with van der Waals surface area (Å²) >= 11 is 0. The van der Waals surface area contributed by atoms with Gasteiger partial charge in [0.2, 0.25) is 0 Å². The summed E-state index contributed by atoms with van der Waals surface area (Å²) in [7, 11) is 0.865. The Kier molecular flexibility index (Phi) is 5.44. The van der Waals surface area contributed by atoms with Crippen molar-refractivity contribution in [3.8, 4) is 39.7 Å². The minimum absolute atomic E-state index is 0.323. The normalized spacial score (nSPS) is 14.5. The van der Waals surface area contributed by atoms with Gasteiger partial charge in [-0.25, -0.2) is 19.4 Å². The number of benzene rings is 1. The number of imidazole rings is 1. The Bertz CT molecular complexity index is 1300. The van der Waals surface area contributed by atoms with Crippen LogP contribution in [0.15, 0.2) is 47.9 Å². The SMILES string of the molecule is Cn1cnc(-c2cc(-c3nn[nH]c3S(C)(C)C)ccn2)c1-c1ccc(F)cc1OCC1CC1. The van der Waals surface area contributed by atoms with E-state index in [1.165, 1.54) is 25.0 Å². The Morgan fingerprint density at radius 2 is 1.94 bits per heavy atom. The van der Waals surface area contributed by atoms with Gasteiger partial charge >= 0.3 is 0 Å². The van der Waals surface area contributed by atoms with Crippen LogP contribution in [0.4, 0.5) is 4.39 Å². The summed E-state index contributed by atoms with van der Waals surface area (Å²) in [6.45, 7) is 0.599. The van der Waals surface area contributed by atoms with Gasteiger partial charge in [-0.1, -0.05) is 5.21 Å². The Morgan fingerprint density at radius 3 is 2.70 bits per heavy atom. The summed E-state index contributed by atoms with van der Waals surface area (Å²) in [4.78, 5) is 9.24. The van der Waals surface area contributed by atoms with E-state index in [0.29, 0.717) is 29.7 Å². The molecule has 0 saturated heterocycles. The third-order valence-electron chi connectivity index (χ3n) is 5.71. The third-order valence-corrected chi connectivity index (χ3v) is 7.22. The molecule has 0 bridgehead atoms. The van der Waals surface area contributed by atoms with Crippen LogP contribution >= 0.6 is 10.0 Å². The highest BCUT2D eigenvalue weighted by Gasteiger charge is 2.25. The average molecular weight is 467 g/mol. The number of hydrogen-bond acceptors (Lipinski definition) is 5. The molecule has 0 amide bonds. The summed E-state index contributed by atoms with van der Waals surface area (Å²) in [5.41, 5.74) is 4.78. The molecule has 9 heteroatoms. The van der Waals surface area contributed by atoms with E-state index in [0.717, 1.165) is 27.5 Å². The van der Waals surface area contributed by atoms with Gasteiger partial charge in [0.25, 0.3) is 0 Å². The highest BCUT2D eigenvalue weighted by Crippen LogP contribution is 2.48. The van der Waals surface area contributed by atoms with Gasteiger partial charge in [0, 0.05) is 30.4 Å². The lowest BCUT2D eigenvalue weighted by Gasteiger charge is -2.23. The highest BCUT2D eigenvalue weighted by atomic mass is 32.3. The van der Waals surface area contributed by atoms with E-state index in [9.17, 15) is 4.39 Å². The maximum absolute atomic E-state index is 14.1. The van der Waals surface area contributed by atoms with E-state index < -0.39 is 10.0 Å². The number of ether oxygens (including phenoxy) is 1. The smallest absolute Gasteiger partial charge is 0.131 e. The first-order valence-electron chi connectivity index (χ1n) is 10.8. The number of hydrogen-bond donors (Lipinski definition) is 1. The van der Waals surface area contributed by atoms with Crippen molar-refractivity contribution in [2.24, 2.45) is 13.0 Å². The maximum atomic E-state index is 14.1. The molecule has 3 aromatic heterocycles. The number of halogens is 1. The van der Waals surface area contributed by atoms with E-state index >= 15 is 0 Å². The molecule has 1 aliphatic rings. The lowest BCUT2D eigenvalue weighted by atomic mass is 10.0. The number of rotatable bonds is 7. The number of nitrogens with zero attached hydrogens (tertiary/aromatic N) is 5. The fourth-order valence-corrected chi connectivity index (χ4v) is 4.83. The van der Waals surface area contributed by atoms with Gasteiger partial charge in [0.05, 0.1) is 24.3 Å². The predicted molar refractivity (Wildman–Crippen MR) is 129 cm³/mol. The molecule has 0 unspecified atom stereocenters. The summed E-state index contributed by atoms with van der Waals surface area (Å²) in [5.74, 6) is 0.765. The van der Waals surface area contributed by atoms with Crippen molar-refractivity contribution in [3.05, 3.63) is 48.7 Å². The minimum Gasteiger partial charge on any atom is -0.492 e. The van der Waals surface area contributed by atoms with E-state index in [1.54, 1.807) is 18.6 Å². The summed E-state index contributed by atoms with van der Waals surface area (Å²) in [6.07, 6.45) is 12.4. The Morgan fingerprint density at radius 1 is 1.12 bits per heavy atom. The van der Waals surface area contributed by atoms with Crippen LogP contribution in [0.1, 0.15) is 12.8 Å². The number of pyridine rings is 1. The Labute approximate surface area is 193 Å². The molecule has 4 aromatic rings. The van der Waals surface area contributed by atoms with E-state index in [1.807, 2.05) is 23.7 Å². The molecule has 7 nitrogen and oxygen atoms in total. The van der Waals surface area contributed by atoms with Crippen LogP contribution in [0.3, 0.4) is 0 Å². The standard InChI is InChI=1S/C24H27FN6OS/c1-31-14-27-22(23(31)18-8-7-17(25)12-20(18)32-13-15-5-6-15)19-11-16(9-10-26-19)21-24(29-30-28-21)33(2,3)4/h7-12,14-15H,5-6,13H2,1-4H3,(H,28,29,30). The zero-order valence-corrected chi connectivity index (χ0v) is 20.0. The molecule has 1 fully saturated rings. The topological polar surface area (TPSA) is 81.5 Å². The molecule has 172 valence electrons. The van der Waals surface area contributed by atoms with Crippen LogP contribution in [-0.4, -0.2) is 55.3 Å². The molecule has 3 heterocycles. The molecular weight excluding hydrogens is 439 g/mol. The summed E-state index contributed by atoms with van der Waals surface area (Å²) in [6, 6.07) is 8.56. The molecular formula is C24H27FN6OS. The fourth-order valence-electron chi connectivity index (χ4n) is 3.78. The van der Waals surface area contributed by atoms with Crippen molar-refractivity contribution in [2.75, 3.05) is 25.4 Å². The first kappa shape index (κ1) is 21.6. The molecule has 0 aliphatic heterocycles. The van der Waals surface area contributed by atoms with Crippen LogP contribution < -0.4 is 4.74 Å². The zero-order valence-electron chi connectivity index (χ0n) is 19.2. The van der Waals surface area contributed by atoms with E-state index in [-0.39, 0.29) is 5.82 Å².